The molecule has 1 saturated carbocycles. The van der Waals surface area contributed by atoms with Gasteiger partial charge in [0.15, 0.2) is 0 Å². The predicted molar refractivity (Wildman–Crippen MR) is 70.2 cm³/mol. The molecule has 0 bridgehead atoms. The van der Waals surface area contributed by atoms with Crippen LogP contribution in [0.15, 0.2) is 12.2 Å². The zero-order valence-corrected chi connectivity index (χ0v) is 11.3. The Morgan fingerprint density at radius 2 is 2.35 bits per heavy atom. The Balaban J connectivity index is 2.19. The quantitative estimate of drug-likeness (QED) is 0.452. The molecular formula is C13H22ClNO2. The van der Waals surface area contributed by atoms with Crippen LogP contribution in [0.1, 0.15) is 32.1 Å². The molecule has 17 heavy (non-hydrogen) atoms. The summed E-state index contributed by atoms with van der Waals surface area (Å²) in [5.41, 5.74) is 1.13. The van der Waals surface area contributed by atoms with Crippen LogP contribution in [0.3, 0.4) is 0 Å². The monoisotopic (exact) mass is 259 g/mol. The van der Waals surface area contributed by atoms with E-state index < -0.39 is 0 Å². The molecule has 1 N–H and O–H groups in total. The molecule has 2 atom stereocenters. The Labute approximate surface area is 109 Å². The molecule has 0 aromatic carbocycles. The van der Waals surface area contributed by atoms with E-state index in [4.69, 9.17) is 16.3 Å². The van der Waals surface area contributed by atoms with Crippen LogP contribution in [0, 0.1) is 5.92 Å². The maximum Gasteiger partial charge on any atom is 0.220 e. The maximum absolute atomic E-state index is 11.7. The number of carbonyl (C=O) groups excluding carboxylic acids is 1. The Hall–Kier alpha value is -0.540. The first-order valence-corrected chi connectivity index (χ1v) is 6.64. The van der Waals surface area contributed by atoms with E-state index in [1.165, 1.54) is 0 Å². The first-order chi connectivity index (χ1) is 8.13. The highest BCUT2D eigenvalue weighted by Gasteiger charge is 2.24. The average molecular weight is 260 g/mol. The zero-order valence-electron chi connectivity index (χ0n) is 10.5. The lowest BCUT2D eigenvalue weighted by Crippen LogP contribution is -2.29. The van der Waals surface area contributed by atoms with Gasteiger partial charge in [0.2, 0.25) is 5.91 Å². The number of methoxy groups -OCH3 is 1. The van der Waals surface area contributed by atoms with Crippen LogP contribution in [-0.4, -0.2) is 31.5 Å². The Morgan fingerprint density at radius 3 is 3.00 bits per heavy atom. The Bertz CT molecular complexity index is 268. The Morgan fingerprint density at radius 1 is 1.59 bits per heavy atom. The summed E-state index contributed by atoms with van der Waals surface area (Å²) in [7, 11) is 1.66. The van der Waals surface area contributed by atoms with Gasteiger partial charge in [-0.1, -0.05) is 12.2 Å². The van der Waals surface area contributed by atoms with E-state index in [-0.39, 0.29) is 11.3 Å². The van der Waals surface area contributed by atoms with Crippen LogP contribution >= 0.6 is 11.6 Å². The molecule has 98 valence electrons. The molecule has 0 spiro atoms. The van der Waals surface area contributed by atoms with Crippen LogP contribution < -0.4 is 5.32 Å². The number of allylic oxidation sites excluding steroid dienone is 1. The normalized spacial score (nSPS) is 24.7. The third kappa shape index (κ3) is 5.55. The zero-order chi connectivity index (χ0) is 12.7. The number of hydrogen-bond donors (Lipinski definition) is 1. The first kappa shape index (κ1) is 14.5. The second kappa shape index (κ2) is 7.72. The highest BCUT2D eigenvalue weighted by Crippen LogP contribution is 2.33. The van der Waals surface area contributed by atoms with Gasteiger partial charge in [0, 0.05) is 32.1 Å². The number of hydrogen-bond acceptors (Lipinski definition) is 2. The van der Waals surface area contributed by atoms with Gasteiger partial charge < -0.3 is 10.1 Å². The van der Waals surface area contributed by atoms with Crippen molar-refractivity contribution in [1.82, 2.24) is 5.32 Å². The summed E-state index contributed by atoms with van der Waals surface area (Å²) in [5.74, 6) is 0.424. The second-order valence-corrected chi connectivity index (χ2v) is 5.25. The molecule has 0 aliphatic heterocycles. The molecule has 0 radical (unpaired) electrons. The number of carbonyl (C=O) groups is 1. The van der Waals surface area contributed by atoms with E-state index in [2.05, 4.69) is 11.9 Å². The molecule has 0 heterocycles. The van der Waals surface area contributed by atoms with Gasteiger partial charge in [0.05, 0.1) is 0 Å². The van der Waals surface area contributed by atoms with E-state index in [9.17, 15) is 4.79 Å². The van der Waals surface area contributed by atoms with Gasteiger partial charge in [-0.3, -0.25) is 4.79 Å². The minimum atomic E-state index is 0.111. The molecule has 1 aliphatic carbocycles. The van der Waals surface area contributed by atoms with Crippen LogP contribution in [-0.2, 0) is 9.53 Å². The van der Waals surface area contributed by atoms with Crippen molar-refractivity contribution in [3.8, 4) is 0 Å². The summed E-state index contributed by atoms with van der Waals surface area (Å²) in [4.78, 5) is 11.7. The van der Waals surface area contributed by atoms with E-state index >= 15 is 0 Å². The highest BCUT2D eigenvalue weighted by molar-refractivity contribution is 6.20. The van der Waals surface area contributed by atoms with E-state index in [1.54, 1.807) is 7.11 Å². The maximum atomic E-state index is 11.7. The summed E-state index contributed by atoms with van der Waals surface area (Å²) in [6, 6.07) is 0. The van der Waals surface area contributed by atoms with Crippen LogP contribution in [0.4, 0.5) is 0 Å². The average Bonchev–Trinajstić information content (AvgIpc) is 2.28. The summed E-state index contributed by atoms with van der Waals surface area (Å²) < 4.78 is 4.92. The summed E-state index contributed by atoms with van der Waals surface area (Å²) in [6.45, 7) is 5.39. The van der Waals surface area contributed by atoms with Crippen molar-refractivity contribution in [1.29, 1.82) is 0 Å². The number of ether oxygens (including phenoxy) is 1. The van der Waals surface area contributed by atoms with Gasteiger partial charge in [0.1, 0.15) is 0 Å². The third-order valence-corrected chi connectivity index (χ3v) is 3.54. The SMILES string of the molecule is C=C1CC(Cl)CCC1CC(=O)NCCCOC. The largest absolute Gasteiger partial charge is 0.385 e. The number of halogens is 1. The molecule has 0 aromatic rings. The van der Waals surface area contributed by atoms with Crippen molar-refractivity contribution >= 4 is 17.5 Å². The minimum Gasteiger partial charge on any atom is -0.385 e. The third-order valence-electron chi connectivity index (χ3n) is 3.17. The lowest BCUT2D eigenvalue weighted by Gasteiger charge is -2.27. The molecule has 0 aromatic heterocycles. The van der Waals surface area contributed by atoms with Gasteiger partial charge in [-0.15, -0.1) is 11.6 Å². The highest BCUT2D eigenvalue weighted by atomic mass is 35.5. The molecule has 2 unspecified atom stereocenters. The second-order valence-electron chi connectivity index (χ2n) is 4.63. The molecule has 0 saturated heterocycles. The molecule has 1 fully saturated rings. The van der Waals surface area contributed by atoms with E-state index in [0.29, 0.717) is 25.5 Å². The van der Waals surface area contributed by atoms with Gasteiger partial charge in [0.25, 0.3) is 0 Å². The topological polar surface area (TPSA) is 38.3 Å². The van der Waals surface area contributed by atoms with Crippen molar-refractivity contribution in [2.45, 2.75) is 37.5 Å². The minimum absolute atomic E-state index is 0.111. The Kier molecular flexibility index (Phi) is 6.60. The molecule has 4 heteroatoms. The van der Waals surface area contributed by atoms with E-state index in [1.807, 2.05) is 0 Å². The first-order valence-electron chi connectivity index (χ1n) is 6.21. The van der Waals surface area contributed by atoms with Gasteiger partial charge in [-0.25, -0.2) is 0 Å². The summed E-state index contributed by atoms with van der Waals surface area (Å²) in [5, 5.41) is 3.12. The van der Waals surface area contributed by atoms with Gasteiger partial charge in [-0.2, -0.15) is 0 Å². The van der Waals surface area contributed by atoms with Crippen LogP contribution in [0.2, 0.25) is 0 Å². The van der Waals surface area contributed by atoms with Crippen molar-refractivity contribution in [3.05, 3.63) is 12.2 Å². The fourth-order valence-electron chi connectivity index (χ4n) is 2.13. The van der Waals surface area contributed by atoms with Crippen LogP contribution in [0.5, 0.6) is 0 Å². The van der Waals surface area contributed by atoms with E-state index in [0.717, 1.165) is 31.3 Å². The van der Waals surface area contributed by atoms with Crippen molar-refractivity contribution < 1.29 is 9.53 Å². The van der Waals surface area contributed by atoms with Crippen LogP contribution in [0.25, 0.3) is 0 Å². The lowest BCUT2D eigenvalue weighted by molar-refractivity contribution is -0.121. The summed E-state index contributed by atoms with van der Waals surface area (Å²) >= 11 is 6.06. The molecule has 1 aliphatic rings. The molecule has 1 amide bonds. The van der Waals surface area contributed by atoms with Crippen molar-refractivity contribution in [3.63, 3.8) is 0 Å². The number of nitrogens with one attached hydrogen (secondary N) is 1. The number of alkyl halides is 1. The molecule has 1 rings (SSSR count). The smallest absolute Gasteiger partial charge is 0.220 e. The molecular weight excluding hydrogens is 238 g/mol. The fraction of sp³-hybridized carbons (Fsp3) is 0.769. The lowest BCUT2D eigenvalue weighted by atomic mass is 9.83. The summed E-state index contributed by atoms with van der Waals surface area (Å²) in [6.07, 6.45) is 4.23. The van der Waals surface area contributed by atoms with Crippen molar-refractivity contribution in [2.75, 3.05) is 20.3 Å². The standard InChI is InChI=1S/C13H22ClNO2/c1-10-8-12(14)5-4-11(10)9-13(16)15-6-3-7-17-2/h11-12H,1,3-9H2,2H3,(H,15,16). The number of rotatable bonds is 6. The number of amides is 1. The van der Waals surface area contributed by atoms with Crippen molar-refractivity contribution in [2.24, 2.45) is 5.92 Å². The van der Waals surface area contributed by atoms with Gasteiger partial charge >= 0.3 is 0 Å². The predicted octanol–water partition coefficient (Wildman–Crippen LogP) is 2.49. The molecule has 3 nitrogen and oxygen atoms in total. The van der Waals surface area contributed by atoms with Gasteiger partial charge in [-0.05, 0) is 31.6 Å². The fourth-order valence-corrected chi connectivity index (χ4v) is 2.45.